The van der Waals surface area contributed by atoms with Crippen LogP contribution in [0.4, 0.5) is 0 Å². The highest BCUT2D eigenvalue weighted by atomic mass is 16.5. The molecule has 0 fully saturated rings. The zero-order valence-electron chi connectivity index (χ0n) is 11.8. The Balaban J connectivity index is 3.48. The molecule has 0 aliphatic heterocycles. The Morgan fingerprint density at radius 3 is 2.47 bits per heavy atom. The van der Waals surface area contributed by atoms with Crippen LogP contribution in [0.3, 0.4) is 0 Å². The zero-order valence-corrected chi connectivity index (χ0v) is 11.8. The lowest BCUT2D eigenvalue weighted by molar-refractivity contribution is -0.121. The molecule has 0 atom stereocenters. The van der Waals surface area contributed by atoms with Crippen LogP contribution in [0.2, 0.25) is 0 Å². The summed E-state index contributed by atoms with van der Waals surface area (Å²) in [6.07, 6.45) is 0. The first-order chi connectivity index (χ1) is 7.85. The highest BCUT2D eigenvalue weighted by Gasteiger charge is 2.12. The minimum atomic E-state index is -0.159. The van der Waals surface area contributed by atoms with E-state index in [1.165, 1.54) is 0 Å². The van der Waals surface area contributed by atoms with Crippen molar-refractivity contribution < 1.29 is 9.53 Å². The maximum absolute atomic E-state index is 11.5. The number of rotatable bonds is 8. The lowest BCUT2D eigenvalue weighted by Crippen LogP contribution is -2.45. The Bertz CT molecular complexity index is 214. The predicted octanol–water partition coefficient (Wildman–Crippen LogP) is 0.0689. The molecule has 0 aliphatic carbocycles. The van der Waals surface area contributed by atoms with E-state index in [-0.39, 0.29) is 11.4 Å². The van der Waals surface area contributed by atoms with Gasteiger partial charge in [-0.3, -0.25) is 4.79 Å². The molecule has 0 spiro atoms. The third kappa shape index (κ3) is 11.6. The Morgan fingerprint density at radius 1 is 1.29 bits per heavy atom. The molecule has 5 nitrogen and oxygen atoms in total. The fourth-order valence-corrected chi connectivity index (χ4v) is 1.29. The molecule has 102 valence electrons. The first-order valence-electron chi connectivity index (χ1n) is 6.04. The number of carbonyl (C=O) groups is 1. The van der Waals surface area contributed by atoms with Gasteiger partial charge in [-0.05, 0) is 27.8 Å². The molecule has 0 aromatic rings. The zero-order chi connectivity index (χ0) is 13.3. The molecule has 0 unspecified atom stereocenters. The Labute approximate surface area is 105 Å². The summed E-state index contributed by atoms with van der Waals surface area (Å²) in [7, 11) is 3.73. The van der Waals surface area contributed by atoms with E-state index in [9.17, 15) is 4.79 Å². The summed E-state index contributed by atoms with van der Waals surface area (Å²) in [6.45, 7) is 9.66. The van der Waals surface area contributed by atoms with Crippen LogP contribution in [0, 0.1) is 0 Å². The fraction of sp³-hybridized carbons (Fsp3) is 0.917. The van der Waals surface area contributed by atoms with Crippen molar-refractivity contribution in [3.63, 3.8) is 0 Å². The number of ether oxygens (including phenoxy) is 1. The molecule has 1 amide bonds. The van der Waals surface area contributed by atoms with E-state index >= 15 is 0 Å². The van der Waals surface area contributed by atoms with Crippen LogP contribution in [0.25, 0.3) is 0 Å². The average Bonchev–Trinajstić information content (AvgIpc) is 2.19. The SMILES string of the molecule is COCCN(C)CCNCC(=O)NC(C)(C)C. The van der Waals surface area contributed by atoms with E-state index < -0.39 is 0 Å². The number of nitrogens with zero attached hydrogens (tertiary/aromatic N) is 1. The summed E-state index contributed by atoms with van der Waals surface area (Å²) in [5.74, 6) is 0.0389. The molecule has 0 radical (unpaired) electrons. The molecular weight excluding hydrogens is 218 g/mol. The number of carbonyl (C=O) groups excluding carboxylic acids is 1. The first kappa shape index (κ1) is 16.4. The average molecular weight is 245 g/mol. The number of nitrogens with one attached hydrogen (secondary N) is 2. The number of amides is 1. The predicted molar refractivity (Wildman–Crippen MR) is 70.1 cm³/mol. The Morgan fingerprint density at radius 2 is 1.94 bits per heavy atom. The third-order valence-corrected chi connectivity index (χ3v) is 2.15. The van der Waals surface area contributed by atoms with Crippen molar-refractivity contribution in [3.8, 4) is 0 Å². The van der Waals surface area contributed by atoms with E-state index in [1.54, 1.807) is 7.11 Å². The van der Waals surface area contributed by atoms with Crippen LogP contribution in [0.1, 0.15) is 20.8 Å². The molecule has 0 saturated heterocycles. The second-order valence-electron chi connectivity index (χ2n) is 5.27. The molecule has 0 aromatic heterocycles. The molecule has 5 heteroatoms. The van der Waals surface area contributed by atoms with Gasteiger partial charge in [0.05, 0.1) is 13.2 Å². The van der Waals surface area contributed by atoms with Crippen molar-refractivity contribution in [2.24, 2.45) is 0 Å². The largest absolute Gasteiger partial charge is 0.383 e. The van der Waals surface area contributed by atoms with Crippen molar-refractivity contribution in [2.45, 2.75) is 26.3 Å². The fourth-order valence-electron chi connectivity index (χ4n) is 1.29. The summed E-state index contributed by atoms with van der Waals surface area (Å²) < 4.78 is 4.99. The minimum Gasteiger partial charge on any atom is -0.383 e. The highest BCUT2D eigenvalue weighted by Crippen LogP contribution is 1.96. The summed E-state index contributed by atoms with van der Waals surface area (Å²) in [5, 5.41) is 6.03. The van der Waals surface area contributed by atoms with Gasteiger partial charge in [-0.1, -0.05) is 0 Å². The summed E-state index contributed by atoms with van der Waals surface area (Å²) >= 11 is 0. The topological polar surface area (TPSA) is 53.6 Å². The van der Waals surface area contributed by atoms with Gasteiger partial charge >= 0.3 is 0 Å². The van der Waals surface area contributed by atoms with Crippen LogP contribution in [0.15, 0.2) is 0 Å². The molecule has 0 rings (SSSR count). The Hall–Kier alpha value is -0.650. The lowest BCUT2D eigenvalue weighted by atomic mass is 10.1. The van der Waals surface area contributed by atoms with E-state index in [0.29, 0.717) is 6.54 Å². The molecule has 0 aromatic carbocycles. The van der Waals surface area contributed by atoms with Crippen molar-refractivity contribution in [2.75, 3.05) is 46.9 Å². The van der Waals surface area contributed by atoms with Gasteiger partial charge in [-0.2, -0.15) is 0 Å². The quantitative estimate of drug-likeness (QED) is 0.594. The maximum atomic E-state index is 11.5. The van der Waals surface area contributed by atoms with Gasteiger partial charge < -0.3 is 20.3 Å². The second-order valence-corrected chi connectivity index (χ2v) is 5.27. The van der Waals surface area contributed by atoms with Gasteiger partial charge in [0.2, 0.25) is 5.91 Å². The monoisotopic (exact) mass is 245 g/mol. The maximum Gasteiger partial charge on any atom is 0.234 e. The number of hydrogen-bond acceptors (Lipinski definition) is 4. The second kappa shape index (κ2) is 8.44. The molecule has 0 saturated carbocycles. The Kier molecular flexibility index (Phi) is 8.12. The van der Waals surface area contributed by atoms with Crippen LogP contribution in [-0.4, -0.2) is 63.3 Å². The molecule has 0 heterocycles. The van der Waals surface area contributed by atoms with Gasteiger partial charge in [-0.15, -0.1) is 0 Å². The van der Waals surface area contributed by atoms with Crippen LogP contribution >= 0.6 is 0 Å². The van der Waals surface area contributed by atoms with E-state index in [0.717, 1.165) is 26.2 Å². The van der Waals surface area contributed by atoms with Gasteiger partial charge in [0.15, 0.2) is 0 Å². The molecule has 2 N–H and O–H groups in total. The van der Waals surface area contributed by atoms with E-state index in [1.807, 2.05) is 27.8 Å². The lowest BCUT2D eigenvalue weighted by Gasteiger charge is -2.21. The molecule has 0 aliphatic rings. The van der Waals surface area contributed by atoms with Gasteiger partial charge in [0, 0.05) is 32.3 Å². The first-order valence-corrected chi connectivity index (χ1v) is 6.04. The van der Waals surface area contributed by atoms with Gasteiger partial charge in [-0.25, -0.2) is 0 Å². The smallest absolute Gasteiger partial charge is 0.234 e. The van der Waals surface area contributed by atoms with Crippen molar-refractivity contribution in [1.82, 2.24) is 15.5 Å². The standard InChI is InChI=1S/C12H27N3O2/c1-12(2,3)14-11(16)10-13-6-7-15(4)8-9-17-5/h13H,6-10H2,1-5H3,(H,14,16). The summed E-state index contributed by atoms with van der Waals surface area (Å²) in [4.78, 5) is 13.6. The van der Waals surface area contributed by atoms with Crippen molar-refractivity contribution in [3.05, 3.63) is 0 Å². The molecule has 17 heavy (non-hydrogen) atoms. The van der Waals surface area contributed by atoms with Crippen LogP contribution in [-0.2, 0) is 9.53 Å². The van der Waals surface area contributed by atoms with E-state index in [2.05, 4.69) is 15.5 Å². The number of likely N-dealkylation sites (N-methyl/N-ethyl adjacent to an activating group) is 1. The van der Waals surface area contributed by atoms with Crippen LogP contribution in [0.5, 0.6) is 0 Å². The van der Waals surface area contributed by atoms with Gasteiger partial charge in [0.25, 0.3) is 0 Å². The number of methoxy groups -OCH3 is 1. The highest BCUT2D eigenvalue weighted by molar-refractivity contribution is 5.78. The minimum absolute atomic E-state index is 0.0389. The summed E-state index contributed by atoms with van der Waals surface area (Å²) in [5.41, 5.74) is -0.159. The normalized spacial score (nSPS) is 11.9. The third-order valence-electron chi connectivity index (χ3n) is 2.15. The van der Waals surface area contributed by atoms with E-state index in [4.69, 9.17) is 4.74 Å². The van der Waals surface area contributed by atoms with Gasteiger partial charge in [0.1, 0.15) is 0 Å². The molecular formula is C12H27N3O2. The van der Waals surface area contributed by atoms with Crippen molar-refractivity contribution in [1.29, 1.82) is 0 Å². The number of hydrogen-bond donors (Lipinski definition) is 2. The van der Waals surface area contributed by atoms with Crippen LogP contribution < -0.4 is 10.6 Å². The summed E-state index contributed by atoms with van der Waals surface area (Å²) in [6, 6.07) is 0. The van der Waals surface area contributed by atoms with Crippen molar-refractivity contribution >= 4 is 5.91 Å². The molecule has 0 bridgehead atoms.